The Kier molecular flexibility index (Phi) is 5.54. The quantitative estimate of drug-likeness (QED) is 0.835. The Labute approximate surface area is 157 Å². The van der Waals surface area contributed by atoms with Crippen LogP contribution in [0.5, 0.6) is 17.2 Å². The standard InChI is InChI=1S/C19H21ClN2O4/c1-12(19(23)21-14-5-7-16(24-3)15(20)9-14)22(2)10-13-4-6-17-18(8-13)26-11-25-17/h4-9,12H,10-11H2,1-3H3,(H,21,23)/t12-/m0/s1. The summed E-state index contributed by atoms with van der Waals surface area (Å²) in [6.45, 7) is 2.71. The van der Waals surface area contributed by atoms with Crippen LogP contribution in [0.3, 0.4) is 0 Å². The van der Waals surface area contributed by atoms with Gasteiger partial charge in [-0.15, -0.1) is 0 Å². The number of benzene rings is 2. The summed E-state index contributed by atoms with van der Waals surface area (Å²) in [6, 6.07) is 10.6. The van der Waals surface area contributed by atoms with Crippen molar-refractivity contribution >= 4 is 23.2 Å². The molecule has 0 aliphatic carbocycles. The molecule has 3 rings (SSSR count). The van der Waals surface area contributed by atoms with E-state index in [-0.39, 0.29) is 18.7 Å². The number of hydrogen-bond donors (Lipinski definition) is 1. The van der Waals surface area contributed by atoms with Gasteiger partial charge in [0, 0.05) is 12.2 Å². The number of carbonyl (C=O) groups excluding carboxylic acids is 1. The molecule has 1 heterocycles. The van der Waals surface area contributed by atoms with Crippen LogP contribution in [0, 0.1) is 0 Å². The van der Waals surface area contributed by atoms with Gasteiger partial charge in [-0.2, -0.15) is 0 Å². The van der Waals surface area contributed by atoms with Gasteiger partial charge < -0.3 is 19.5 Å². The van der Waals surface area contributed by atoms with Gasteiger partial charge >= 0.3 is 0 Å². The molecule has 2 aromatic carbocycles. The zero-order valence-corrected chi connectivity index (χ0v) is 15.7. The number of anilines is 1. The lowest BCUT2D eigenvalue weighted by atomic mass is 10.1. The van der Waals surface area contributed by atoms with Crippen molar-refractivity contribution in [1.29, 1.82) is 0 Å². The minimum absolute atomic E-state index is 0.116. The first-order valence-electron chi connectivity index (χ1n) is 8.21. The van der Waals surface area contributed by atoms with Gasteiger partial charge in [0.1, 0.15) is 5.75 Å². The summed E-state index contributed by atoms with van der Waals surface area (Å²) in [5.74, 6) is 1.94. The number of carbonyl (C=O) groups is 1. The molecule has 7 heteroatoms. The van der Waals surface area contributed by atoms with E-state index in [1.807, 2.05) is 37.1 Å². The average Bonchev–Trinajstić information content (AvgIpc) is 3.09. The molecule has 1 amide bonds. The molecule has 0 fully saturated rings. The summed E-state index contributed by atoms with van der Waals surface area (Å²) >= 11 is 6.10. The molecule has 0 saturated heterocycles. The van der Waals surface area contributed by atoms with E-state index in [0.717, 1.165) is 17.1 Å². The van der Waals surface area contributed by atoms with Crippen LogP contribution >= 0.6 is 11.6 Å². The number of hydrogen-bond acceptors (Lipinski definition) is 5. The second kappa shape index (κ2) is 7.85. The van der Waals surface area contributed by atoms with E-state index < -0.39 is 0 Å². The summed E-state index contributed by atoms with van der Waals surface area (Å²) in [6.07, 6.45) is 0. The third-order valence-corrected chi connectivity index (χ3v) is 4.62. The van der Waals surface area contributed by atoms with E-state index in [1.54, 1.807) is 25.3 Å². The molecule has 6 nitrogen and oxygen atoms in total. The molecule has 0 radical (unpaired) electrons. The van der Waals surface area contributed by atoms with Crippen molar-refractivity contribution in [2.75, 3.05) is 26.3 Å². The fraction of sp³-hybridized carbons (Fsp3) is 0.316. The minimum atomic E-state index is -0.332. The van der Waals surface area contributed by atoms with E-state index in [9.17, 15) is 4.79 Å². The largest absolute Gasteiger partial charge is 0.495 e. The Bertz CT molecular complexity index is 812. The highest BCUT2D eigenvalue weighted by Crippen LogP contribution is 2.33. The van der Waals surface area contributed by atoms with Gasteiger partial charge in [-0.25, -0.2) is 0 Å². The third-order valence-electron chi connectivity index (χ3n) is 4.33. The third kappa shape index (κ3) is 4.03. The van der Waals surface area contributed by atoms with Crippen molar-refractivity contribution in [2.24, 2.45) is 0 Å². The Morgan fingerprint density at radius 3 is 2.77 bits per heavy atom. The summed E-state index contributed by atoms with van der Waals surface area (Å²) in [5.41, 5.74) is 1.67. The van der Waals surface area contributed by atoms with E-state index in [1.165, 1.54) is 0 Å². The maximum atomic E-state index is 12.5. The number of rotatable bonds is 6. The molecule has 1 atom stereocenters. The Hall–Kier alpha value is -2.44. The Morgan fingerprint density at radius 2 is 2.04 bits per heavy atom. The monoisotopic (exact) mass is 376 g/mol. The lowest BCUT2D eigenvalue weighted by Gasteiger charge is -2.24. The predicted molar refractivity (Wildman–Crippen MR) is 100 cm³/mol. The van der Waals surface area contributed by atoms with Gasteiger partial charge in [-0.1, -0.05) is 17.7 Å². The maximum absolute atomic E-state index is 12.5. The van der Waals surface area contributed by atoms with Crippen LogP contribution < -0.4 is 19.5 Å². The molecule has 0 saturated carbocycles. The number of nitrogens with one attached hydrogen (secondary N) is 1. The van der Waals surface area contributed by atoms with Gasteiger partial charge in [-0.05, 0) is 49.9 Å². The number of likely N-dealkylation sites (N-methyl/N-ethyl adjacent to an activating group) is 1. The summed E-state index contributed by atoms with van der Waals surface area (Å²) in [5, 5.41) is 3.33. The van der Waals surface area contributed by atoms with Crippen molar-refractivity contribution in [3.8, 4) is 17.2 Å². The van der Waals surface area contributed by atoms with Crippen LogP contribution in [0.15, 0.2) is 36.4 Å². The number of methoxy groups -OCH3 is 1. The van der Waals surface area contributed by atoms with Gasteiger partial charge in [0.05, 0.1) is 18.2 Å². The molecular weight excluding hydrogens is 356 g/mol. The van der Waals surface area contributed by atoms with Crippen LogP contribution in [0.1, 0.15) is 12.5 Å². The van der Waals surface area contributed by atoms with E-state index in [2.05, 4.69) is 5.32 Å². The molecule has 1 aliphatic rings. The zero-order valence-electron chi connectivity index (χ0n) is 14.9. The first-order chi connectivity index (χ1) is 12.5. The van der Waals surface area contributed by atoms with Crippen LogP contribution in [-0.4, -0.2) is 37.8 Å². The zero-order chi connectivity index (χ0) is 18.7. The Morgan fingerprint density at radius 1 is 1.27 bits per heavy atom. The number of halogens is 1. The summed E-state index contributed by atoms with van der Waals surface area (Å²) in [4.78, 5) is 14.5. The normalized spacial score (nSPS) is 13.6. The predicted octanol–water partition coefficient (Wildman–Crippen LogP) is 3.54. The molecule has 0 bridgehead atoms. The second-order valence-corrected chi connectivity index (χ2v) is 6.52. The fourth-order valence-electron chi connectivity index (χ4n) is 2.66. The number of ether oxygens (including phenoxy) is 3. The first kappa shape index (κ1) is 18.4. The number of amides is 1. The number of nitrogens with zero attached hydrogens (tertiary/aromatic N) is 1. The lowest BCUT2D eigenvalue weighted by molar-refractivity contribution is -0.120. The van der Waals surface area contributed by atoms with Crippen LogP contribution in [-0.2, 0) is 11.3 Å². The molecule has 0 unspecified atom stereocenters. The first-order valence-corrected chi connectivity index (χ1v) is 8.59. The molecule has 2 aromatic rings. The smallest absolute Gasteiger partial charge is 0.241 e. The molecule has 138 valence electrons. The Balaban J connectivity index is 1.61. The second-order valence-electron chi connectivity index (χ2n) is 6.12. The highest BCUT2D eigenvalue weighted by molar-refractivity contribution is 6.32. The van der Waals surface area contributed by atoms with Gasteiger partial charge in [-0.3, -0.25) is 9.69 Å². The molecule has 26 heavy (non-hydrogen) atoms. The summed E-state index contributed by atoms with van der Waals surface area (Å²) < 4.78 is 15.8. The van der Waals surface area contributed by atoms with Crippen molar-refractivity contribution in [1.82, 2.24) is 4.90 Å². The van der Waals surface area contributed by atoms with Crippen molar-refractivity contribution in [2.45, 2.75) is 19.5 Å². The average molecular weight is 377 g/mol. The van der Waals surface area contributed by atoms with E-state index >= 15 is 0 Å². The van der Waals surface area contributed by atoms with Crippen molar-refractivity contribution < 1.29 is 19.0 Å². The highest BCUT2D eigenvalue weighted by atomic mass is 35.5. The van der Waals surface area contributed by atoms with Crippen LogP contribution in [0.25, 0.3) is 0 Å². The van der Waals surface area contributed by atoms with Gasteiger partial charge in [0.25, 0.3) is 0 Å². The minimum Gasteiger partial charge on any atom is -0.495 e. The van der Waals surface area contributed by atoms with Crippen molar-refractivity contribution in [3.05, 3.63) is 47.0 Å². The summed E-state index contributed by atoms with van der Waals surface area (Å²) in [7, 11) is 3.45. The number of fused-ring (bicyclic) bond motifs is 1. The fourth-order valence-corrected chi connectivity index (χ4v) is 2.91. The SMILES string of the molecule is COc1ccc(NC(=O)[C@H](C)N(C)Cc2ccc3c(c2)OCO3)cc1Cl. The van der Waals surface area contributed by atoms with Gasteiger partial charge in [0.2, 0.25) is 12.7 Å². The lowest BCUT2D eigenvalue weighted by Crippen LogP contribution is -2.39. The van der Waals surface area contributed by atoms with Gasteiger partial charge in [0.15, 0.2) is 11.5 Å². The topological polar surface area (TPSA) is 60.0 Å². The van der Waals surface area contributed by atoms with Crippen molar-refractivity contribution in [3.63, 3.8) is 0 Å². The van der Waals surface area contributed by atoms with E-state index in [0.29, 0.717) is 23.0 Å². The molecule has 0 spiro atoms. The highest BCUT2D eigenvalue weighted by Gasteiger charge is 2.20. The maximum Gasteiger partial charge on any atom is 0.241 e. The molecule has 1 aliphatic heterocycles. The molecular formula is C19H21ClN2O4. The molecule has 1 N–H and O–H groups in total. The van der Waals surface area contributed by atoms with Crippen LogP contribution in [0.4, 0.5) is 5.69 Å². The molecule has 0 aromatic heterocycles. The van der Waals surface area contributed by atoms with Crippen LogP contribution in [0.2, 0.25) is 5.02 Å². The van der Waals surface area contributed by atoms with E-state index in [4.69, 9.17) is 25.8 Å².